The van der Waals surface area contributed by atoms with E-state index < -0.39 is 10.8 Å². The summed E-state index contributed by atoms with van der Waals surface area (Å²) in [6.07, 6.45) is 3.40. The zero-order valence-corrected chi connectivity index (χ0v) is 20.4. The zero-order valence-electron chi connectivity index (χ0n) is 20.4. The minimum atomic E-state index is -0.544. The zero-order chi connectivity index (χ0) is 26.1. The Morgan fingerprint density at radius 2 is 1.86 bits per heavy atom. The van der Waals surface area contributed by atoms with E-state index in [1.807, 2.05) is 37.6 Å². The largest absolute Gasteiger partial charge is 0.457 e. The highest BCUT2D eigenvalue weighted by molar-refractivity contribution is 6.03. The van der Waals surface area contributed by atoms with E-state index in [1.54, 1.807) is 41.2 Å². The maximum Gasteiger partial charge on any atom is 0.276 e. The van der Waals surface area contributed by atoms with Crippen molar-refractivity contribution in [3.8, 4) is 22.8 Å². The van der Waals surface area contributed by atoms with Gasteiger partial charge in [-0.3, -0.25) is 19.6 Å². The minimum absolute atomic E-state index is 0.105. The van der Waals surface area contributed by atoms with Gasteiger partial charge in [-0.15, -0.1) is 0 Å². The molecule has 3 heterocycles. The summed E-state index contributed by atoms with van der Waals surface area (Å²) < 4.78 is 9.25. The lowest BCUT2D eigenvalue weighted by atomic mass is 10.2. The highest BCUT2D eigenvalue weighted by atomic mass is 16.6. The topological polar surface area (TPSA) is 129 Å². The molecule has 0 saturated heterocycles. The van der Waals surface area contributed by atoms with Crippen molar-refractivity contribution in [3.05, 3.63) is 94.1 Å². The number of hydrogen-bond acceptors (Lipinski definition) is 7. The monoisotopic (exact) mass is 497 g/mol. The third-order valence-electron chi connectivity index (χ3n) is 5.89. The van der Waals surface area contributed by atoms with Gasteiger partial charge in [0, 0.05) is 42.2 Å². The van der Waals surface area contributed by atoms with E-state index in [-0.39, 0.29) is 22.8 Å². The Kier molecular flexibility index (Phi) is 6.10. The third kappa shape index (κ3) is 4.74. The quantitative estimate of drug-likeness (QED) is 0.242. The van der Waals surface area contributed by atoms with Crippen LogP contribution in [0.5, 0.6) is 11.5 Å². The number of non-ortho nitro benzene ring substituents is 1. The number of rotatable bonds is 7. The van der Waals surface area contributed by atoms with E-state index in [2.05, 4.69) is 20.5 Å². The standard InChI is InChI=1S/C26H23N7O4/c1-4-31-17(3)22(15-28-31)24-9-10-27-25-14-23(30-32(24)25)26(34)29-18-11-19(33(35)36)13-21(12-18)37-20-7-5-16(2)6-8-20/h5-15H,4H2,1-3H3,(H,29,34). The van der Waals surface area contributed by atoms with Crippen molar-refractivity contribution < 1.29 is 14.5 Å². The van der Waals surface area contributed by atoms with Crippen LogP contribution in [0, 0.1) is 24.0 Å². The van der Waals surface area contributed by atoms with Gasteiger partial charge in [-0.2, -0.15) is 10.2 Å². The molecule has 0 aliphatic carbocycles. The fraction of sp³-hybridized carbons (Fsp3) is 0.154. The van der Waals surface area contributed by atoms with Gasteiger partial charge in [-0.05, 0) is 39.0 Å². The molecule has 37 heavy (non-hydrogen) atoms. The molecule has 0 fully saturated rings. The van der Waals surface area contributed by atoms with Crippen LogP contribution in [0.4, 0.5) is 11.4 Å². The number of nitrogens with zero attached hydrogens (tertiary/aromatic N) is 6. The molecule has 0 aliphatic rings. The third-order valence-corrected chi connectivity index (χ3v) is 5.89. The van der Waals surface area contributed by atoms with Crippen LogP contribution in [0.2, 0.25) is 0 Å². The predicted octanol–water partition coefficient (Wildman–Crippen LogP) is 5.18. The van der Waals surface area contributed by atoms with E-state index >= 15 is 0 Å². The van der Waals surface area contributed by atoms with Gasteiger partial charge in [0.25, 0.3) is 11.6 Å². The van der Waals surface area contributed by atoms with Gasteiger partial charge < -0.3 is 10.1 Å². The molecule has 186 valence electrons. The summed E-state index contributed by atoms with van der Waals surface area (Å²) in [6.45, 7) is 6.65. The number of anilines is 1. The normalized spacial score (nSPS) is 11.0. The molecule has 1 amide bonds. The first-order valence-corrected chi connectivity index (χ1v) is 11.6. The summed E-state index contributed by atoms with van der Waals surface area (Å²) >= 11 is 0. The molecular formula is C26H23N7O4. The van der Waals surface area contributed by atoms with Crippen LogP contribution in [0.3, 0.4) is 0 Å². The van der Waals surface area contributed by atoms with Crippen LogP contribution in [-0.4, -0.2) is 35.2 Å². The molecule has 0 saturated carbocycles. The van der Waals surface area contributed by atoms with Crippen molar-refractivity contribution in [1.82, 2.24) is 24.4 Å². The van der Waals surface area contributed by atoms with Crippen LogP contribution in [0.15, 0.2) is 67.0 Å². The molecule has 2 aromatic carbocycles. The summed E-state index contributed by atoms with van der Waals surface area (Å²) in [5.74, 6) is 0.193. The maximum atomic E-state index is 13.1. The number of benzene rings is 2. The van der Waals surface area contributed by atoms with Crippen molar-refractivity contribution >= 4 is 22.9 Å². The first kappa shape index (κ1) is 23.7. The number of amides is 1. The van der Waals surface area contributed by atoms with Crippen molar-refractivity contribution in [2.24, 2.45) is 0 Å². The Morgan fingerprint density at radius 1 is 1.08 bits per heavy atom. The van der Waals surface area contributed by atoms with Gasteiger partial charge in [0.2, 0.25) is 0 Å². The summed E-state index contributed by atoms with van der Waals surface area (Å²) in [4.78, 5) is 28.4. The van der Waals surface area contributed by atoms with Crippen molar-refractivity contribution in [2.75, 3.05) is 5.32 Å². The van der Waals surface area contributed by atoms with Gasteiger partial charge in [0.15, 0.2) is 11.3 Å². The lowest BCUT2D eigenvalue weighted by Crippen LogP contribution is -2.13. The molecular weight excluding hydrogens is 474 g/mol. The van der Waals surface area contributed by atoms with E-state index in [9.17, 15) is 14.9 Å². The van der Waals surface area contributed by atoms with Gasteiger partial charge >= 0.3 is 0 Å². The summed E-state index contributed by atoms with van der Waals surface area (Å²) in [7, 11) is 0. The molecule has 0 atom stereocenters. The van der Waals surface area contributed by atoms with Crippen molar-refractivity contribution in [2.45, 2.75) is 27.3 Å². The Bertz CT molecular complexity index is 1640. The smallest absolute Gasteiger partial charge is 0.276 e. The van der Waals surface area contributed by atoms with E-state index in [4.69, 9.17) is 4.74 Å². The lowest BCUT2D eigenvalue weighted by molar-refractivity contribution is -0.384. The number of fused-ring (bicyclic) bond motifs is 1. The molecule has 0 unspecified atom stereocenters. The van der Waals surface area contributed by atoms with Gasteiger partial charge in [0.1, 0.15) is 11.5 Å². The van der Waals surface area contributed by atoms with Crippen LogP contribution in [0.1, 0.15) is 28.7 Å². The number of carbonyl (C=O) groups excluding carboxylic acids is 1. The van der Waals surface area contributed by atoms with E-state index in [0.29, 0.717) is 11.4 Å². The highest BCUT2D eigenvalue weighted by Gasteiger charge is 2.19. The minimum Gasteiger partial charge on any atom is -0.457 e. The number of aromatic nitrogens is 5. The average Bonchev–Trinajstić information content (AvgIpc) is 3.48. The first-order chi connectivity index (χ1) is 17.8. The molecule has 0 aliphatic heterocycles. The fourth-order valence-electron chi connectivity index (χ4n) is 3.98. The summed E-state index contributed by atoms with van der Waals surface area (Å²) in [5, 5.41) is 23.0. The first-order valence-electron chi connectivity index (χ1n) is 11.6. The summed E-state index contributed by atoms with van der Waals surface area (Å²) in [6, 6.07) is 14.7. The molecule has 11 nitrogen and oxygen atoms in total. The maximum absolute atomic E-state index is 13.1. The van der Waals surface area contributed by atoms with Gasteiger partial charge in [0.05, 0.1) is 28.6 Å². The second-order valence-corrected chi connectivity index (χ2v) is 8.43. The molecule has 5 rings (SSSR count). The fourth-order valence-corrected chi connectivity index (χ4v) is 3.98. The van der Waals surface area contributed by atoms with Crippen LogP contribution in [0.25, 0.3) is 16.9 Å². The molecule has 0 radical (unpaired) electrons. The van der Waals surface area contributed by atoms with E-state index in [1.165, 1.54) is 18.2 Å². The number of nitro benzene ring substituents is 1. The molecule has 0 bridgehead atoms. The lowest BCUT2D eigenvalue weighted by Gasteiger charge is -2.09. The number of nitro groups is 1. The molecule has 1 N–H and O–H groups in total. The Morgan fingerprint density at radius 3 is 2.57 bits per heavy atom. The van der Waals surface area contributed by atoms with Gasteiger partial charge in [-0.25, -0.2) is 9.50 Å². The van der Waals surface area contributed by atoms with Crippen LogP contribution >= 0.6 is 0 Å². The predicted molar refractivity (Wildman–Crippen MR) is 137 cm³/mol. The summed E-state index contributed by atoms with van der Waals surface area (Å²) in [5.41, 5.74) is 4.20. The molecule has 5 aromatic rings. The second kappa shape index (κ2) is 9.53. The van der Waals surface area contributed by atoms with E-state index in [0.717, 1.165) is 29.1 Å². The Labute approximate surface area is 211 Å². The number of hydrogen-bond donors (Lipinski definition) is 1. The highest BCUT2D eigenvalue weighted by Crippen LogP contribution is 2.30. The molecule has 0 spiro atoms. The number of carbonyl (C=O) groups is 1. The van der Waals surface area contributed by atoms with Crippen molar-refractivity contribution in [1.29, 1.82) is 0 Å². The molecule has 3 aromatic heterocycles. The number of ether oxygens (including phenoxy) is 1. The van der Waals surface area contributed by atoms with Crippen molar-refractivity contribution in [3.63, 3.8) is 0 Å². The molecule has 11 heteroatoms. The average molecular weight is 498 g/mol. The van der Waals surface area contributed by atoms with Crippen LogP contribution < -0.4 is 10.1 Å². The Balaban J connectivity index is 1.45. The Hall–Kier alpha value is -5.06. The number of aryl methyl sites for hydroxylation is 2. The van der Waals surface area contributed by atoms with Gasteiger partial charge in [-0.1, -0.05) is 17.7 Å². The van der Waals surface area contributed by atoms with Crippen LogP contribution in [-0.2, 0) is 6.54 Å². The second-order valence-electron chi connectivity index (χ2n) is 8.43. The SMILES string of the molecule is CCn1ncc(-c2ccnc3cc(C(=O)Nc4cc(Oc5ccc(C)cc5)cc([N+](=O)[O-])c4)nn23)c1C. The number of nitrogens with one attached hydrogen (secondary N) is 1.